The fraction of sp³-hybridized carbons (Fsp3) is 0.650. The molecule has 2 bridgehead atoms. The normalized spacial score (nSPS) is 28.0. The number of rotatable bonds is 9. The van der Waals surface area contributed by atoms with Crippen molar-refractivity contribution in [2.45, 2.75) is 68.6 Å². The fourth-order valence-electron chi connectivity index (χ4n) is 4.66. The molecule has 0 saturated heterocycles. The van der Waals surface area contributed by atoms with Gasteiger partial charge in [-0.1, -0.05) is 12.1 Å². The van der Waals surface area contributed by atoms with Gasteiger partial charge in [0.05, 0.1) is 5.60 Å². The highest BCUT2D eigenvalue weighted by Crippen LogP contribution is 2.54. The van der Waals surface area contributed by atoms with E-state index in [1.807, 2.05) is 25.3 Å². The number of carbonyl (C=O) groups is 1. The van der Waals surface area contributed by atoms with Crippen LogP contribution in [-0.4, -0.2) is 44.1 Å². The van der Waals surface area contributed by atoms with Crippen LogP contribution >= 0.6 is 0 Å². The quantitative estimate of drug-likeness (QED) is 0.455. The summed E-state index contributed by atoms with van der Waals surface area (Å²) in [5.74, 6) is -0.199. The molecule has 147 valence electrons. The average Bonchev–Trinajstić information content (AvgIpc) is 2.73. The summed E-state index contributed by atoms with van der Waals surface area (Å²) in [7, 11) is 2.44. The van der Waals surface area contributed by atoms with Gasteiger partial charge in [-0.05, 0) is 81.0 Å². The summed E-state index contributed by atoms with van der Waals surface area (Å²) in [5, 5.41) is 11.7. The molecule has 27 heavy (non-hydrogen) atoms. The lowest BCUT2D eigenvalue weighted by molar-refractivity contribution is -0.0955. The van der Waals surface area contributed by atoms with Crippen molar-refractivity contribution in [1.82, 2.24) is 5.32 Å². The number of nitrogens with two attached hydrogens (primary N) is 1. The number of benzene rings is 1. The lowest BCUT2D eigenvalue weighted by Crippen LogP contribution is -2.49. The molecule has 0 spiro atoms. The third-order valence-corrected chi connectivity index (χ3v) is 6.54. The van der Waals surface area contributed by atoms with Crippen LogP contribution in [0.4, 0.5) is 0 Å². The molecule has 0 aliphatic heterocycles. The van der Waals surface area contributed by atoms with Crippen molar-refractivity contribution in [2.75, 3.05) is 13.7 Å². The first-order valence-electron chi connectivity index (χ1n) is 9.84. The second-order valence-corrected chi connectivity index (χ2v) is 7.88. The molecule has 1 aromatic carbocycles. The largest absolute Gasteiger partial charge is 0.486 e. The topological polar surface area (TPSA) is 93.8 Å². The zero-order valence-electron chi connectivity index (χ0n) is 16.1. The summed E-state index contributed by atoms with van der Waals surface area (Å²) < 4.78 is 10.9. The summed E-state index contributed by atoms with van der Waals surface area (Å²) in [4.78, 5) is 12.7. The standard InChI is InChI=1S/C20H30BN2O4/c1-26-20-10-7-19(8-11-20,9-12-20)16-5-2-4-15(14-16)18(24)23-17(27-21-25)6-3-13-22/h2,4-5,14,17,25H,3,6-13,22H2,1H3,(H,23,24)/t17-,19?,20?/m1/s1. The number of nitrogens with one attached hydrogen (secondary N) is 1. The minimum atomic E-state index is -0.584. The van der Waals surface area contributed by atoms with Crippen LogP contribution in [0, 0.1) is 0 Å². The summed E-state index contributed by atoms with van der Waals surface area (Å²) in [5.41, 5.74) is 7.62. The maximum absolute atomic E-state index is 12.7. The Labute approximate surface area is 162 Å². The fourth-order valence-corrected chi connectivity index (χ4v) is 4.66. The van der Waals surface area contributed by atoms with E-state index in [0.717, 1.165) is 38.5 Å². The Morgan fingerprint density at radius 1 is 1.30 bits per heavy atom. The van der Waals surface area contributed by atoms with E-state index in [1.54, 1.807) is 0 Å². The molecule has 4 N–H and O–H groups in total. The second-order valence-electron chi connectivity index (χ2n) is 7.88. The van der Waals surface area contributed by atoms with Crippen molar-refractivity contribution in [3.05, 3.63) is 35.4 Å². The van der Waals surface area contributed by atoms with Crippen LogP contribution in [0.5, 0.6) is 0 Å². The Bertz CT molecular complexity index is 630. The molecule has 1 amide bonds. The monoisotopic (exact) mass is 373 g/mol. The SMILES string of the molecule is COC12CCC(c3cccc(C(=O)N[C@@H](CCCN)O[B]O)c3)(CC1)CC2. The number of fused-ring (bicyclic) bond motifs is 3. The Hall–Kier alpha value is -1.41. The average molecular weight is 373 g/mol. The molecule has 1 aromatic rings. The molecule has 4 rings (SSSR count). The number of hydrogen-bond acceptors (Lipinski definition) is 5. The number of carbonyl (C=O) groups excluding carboxylic acids is 1. The molecule has 0 unspecified atom stereocenters. The maximum Gasteiger partial charge on any atom is 0.486 e. The first-order valence-corrected chi connectivity index (χ1v) is 9.84. The number of ether oxygens (including phenoxy) is 1. The van der Waals surface area contributed by atoms with E-state index >= 15 is 0 Å². The predicted molar refractivity (Wildman–Crippen MR) is 104 cm³/mol. The molecule has 0 heterocycles. The van der Waals surface area contributed by atoms with Gasteiger partial charge in [0.2, 0.25) is 0 Å². The smallest absolute Gasteiger partial charge is 0.429 e. The van der Waals surface area contributed by atoms with Crippen LogP contribution in [0.1, 0.15) is 67.3 Å². The lowest BCUT2D eigenvalue weighted by Gasteiger charge is -2.53. The van der Waals surface area contributed by atoms with E-state index in [4.69, 9.17) is 20.1 Å². The van der Waals surface area contributed by atoms with Crippen molar-refractivity contribution in [3.63, 3.8) is 0 Å². The molecule has 1 atom stereocenters. The highest BCUT2D eigenvalue weighted by molar-refractivity contribution is 6.16. The molecule has 3 saturated carbocycles. The highest BCUT2D eigenvalue weighted by Gasteiger charge is 2.49. The third-order valence-electron chi connectivity index (χ3n) is 6.54. The van der Waals surface area contributed by atoms with Gasteiger partial charge >= 0.3 is 7.69 Å². The van der Waals surface area contributed by atoms with Crippen LogP contribution in [0.15, 0.2) is 24.3 Å². The van der Waals surface area contributed by atoms with Gasteiger partial charge in [-0.25, -0.2) is 0 Å². The van der Waals surface area contributed by atoms with Crippen molar-refractivity contribution in [3.8, 4) is 0 Å². The van der Waals surface area contributed by atoms with Crippen molar-refractivity contribution >= 4 is 13.6 Å². The van der Waals surface area contributed by atoms with E-state index in [2.05, 4.69) is 11.4 Å². The lowest BCUT2D eigenvalue weighted by atomic mass is 9.56. The van der Waals surface area contributed by atoms with Gasteiger partial charge < -0.3 is 25.5 Å². The predicted octanol–water partition coefficient (Wildman–Crippen LogP) is 2.02. The molecule has 3 fully saturated rings. The Morgan fingerprint density at radius 2 is 2.00 bits per heavy atom. The summed E-state index contributed by atoms with van der Waals surface area (Å²) in [6.07, 6.45) is 7.23. The first kappa shape index (κ1) is 20.3. The zero-order valence-corrected chi connectivity index (χ0v) is 16.1. The van der Waals surface area contributed by atoms with Gasteiger partial charge in [0.15, 0.2) is 0 Å². The van der Waals surface area contributed by atoms with E-state index in [1.165, 1.54) is 5.56 Å². The van der Waals surface area contributed by atoms with Gasteiger partial charge in [-0.3, -0.25) is 4.79 Å². The Kier molecular flexibility index (Phi) is 6.58. The molecule has 1 radical (unpaired) electrons. The highest BCUT2D eigenvalue weighted by atomic mass is 16.5. The van der Waals surface area contributed by atoms with Crippen LogP contribution in [0.3, 0.4) is 0 Å². The Morgan fingerprint density at radius 3 is 2.59 bits per heavy atom. The molecular formula is C20H30BN2O4. The summed E-state index contributed by atoms with van der Waals surface area (Å²) >= 11 is 0. The minimum Gasteiger partial charge on any atom is -0.429 e. The zero-order chi connectivity index (χ0) is 19.3. The minimum absolute atomic E-state index is 0.0745. The number of hydrogen-bond donors (Lipinski definition) is 3. The van der Waals surface area contributed by atoms with E-state index < -0.39 is 6.23 Å². The first-order chi connectivity index (χ1) is 13.1. The second kappa shape index (κ2) is 8.73. The van der Waals surface area contributed by atoms with Gasteiger partial charge in [0.25, 0.3) is 5.91 Å². The van der Waals surface area contributed by atoms with Gasteiger partial charge in [-0.15, -0.1) is 0 Å². The molecule has 0 aromatic heterocycles. The molecule has 3 aliphatic carbocycles. The van der Waals surface area contributed by atoms with Crippen molar-refractivity contribution < 1.29 is 19.2 Å². The van der Waals surface area contributed by atoms with E-state index in [0.29, 0.717) is 32.6 Å². The van der Waals surface area contributed by atoms with Crippen LogP contribution < -0.4 is 11.1 Å². The number of amides is 1. The van der Waals surface area contributed by atoms with Gasteiger partial charge in [0, 0.05) is 12.7 Å². The van der Waals surface area contributed by atoms with Crippen LogP contribution in [-0.2, 0) is 14.8 Å². The van der Waals surface area contributed by atoms with Crippen LogP contribution in [0.2, 0.25) is 0 Å². The van der Waals surface area contributed by atoms with E-state index in [-0.39, 0.29) is 16.9 Å². The summed E-state index contributed by atoms with van der Waals surface area (Å²) in [6, 6.07) is 7.94. The number of methoxy groups -OCH3 is 1. The molecular weight excluding hydrogens is 343 g/mol. The maximum atomic E-state index is 12.7. The summed E-state index contributed by atoms with van der Waals surface area (Å²) in [6.45, 7) is 0.502. The molecule has 3 aliphatic rings. The van der Waals surface area contributed by atoms with Crippen molar-refractivity contribution in [1.29, 1.82) is 0 Å². The Balaban J connectivity index is 1.71. The molecule has 7 heteroatoms. The third kappa shape index (κ3) is 4.37. The van der Waals surface area contributed by atoms with Gasteiger partial charge in [0.1, 0.15) is 6.23 Å². The van der Waals surface area contributed by atoms with Crippen LogP contribution in [0.25, 0.3) is 0 Å². The van der Waals surface area contributed by atoms with Crippen molar-refractivity contribution in [2.24, 2.45) is 5.73 Å². The van der Waals surface area contributed by atoms with E-state index in [9.17, 15) is 4.79 Å². The van der Waals surface area contributed by atoms with Gasteiger partial charge in [-0.2, -0.15) is 0 Å². The molecule has 6 nitrogen and oxygen atoms in total.